The van der Waals surface area contributed by atoms with E-state index < -0.39 is 12.1 Å². The van der Waals surface area contributed by atoms with Crippen LogP contribution in [0.15, 0.2) is 18.2 Å². The molecule has 1 fully saturated rings. The van der Waals surface area contributed by atoms with Gasteiger partial charge in [0.15, 0.2) is 11.5 Å². The molecule has 1 aromatic carbocycles. The summed E-state index contributed by atoms with van der Waals surface area (Å²) in [4.78, 5) is 26.7. The molecule has 2 rings (SSSR count). The Morgan fingerprint density at radius 1 is 1.07 bits per heavy atom. The van der Waals surface area contributed by atoms with Gasteiger partial charge in [-0.1, -0.05) is 26.8 Å². The van der Waals surface area contributed by atoms with Crippen LogP contribution in [0.1, 0.15) is 58.4 Å². The lowest BCUT2D eigenvalue weighted by atomic mass is 9.82. The van der Waals surface area contributed by atoms with Crippen molar-refractivity contribution >= 4 is 24.2 Å². The fourth-order valence-electron chi connectivity index (χ4n) is 4.99. The number of ether oxygens (including phenoxy) is 4. The molecule has 0 aromatic heterocycles. The lowest BCUT2D eigenvalue weighted by Crippen LogP contribution is -2.41. The molecule has 4 atom stereocenters. The Hall–Kier alpha value is -2.11. The maximum atomic E-state index is 12.6. The summed E-state index contributed by atoms with van der Waals surface area (Å²) in [7, 11) is 3.30. The SMILES string of the molecule is COCCCOc1cc(C[C@@H](C[C@H](N)[C@@H](O)C[C@@H](C)C(=O)NCCCC(=O)N2CCOCC2)C(C)C)ccc1OC.Cl. The number of carbonyl (C=O) groups excluding carboxylic acids is 2. The molecule has 42 heavy (non-hydrogen) atoms. The van der Waals surface area contributed by atoms with E-state index in [1.807, 2.05) is 23.1 Å². The lowest BCUT2D eigenvalue weighted by Gasteiger charge is -2.28. The summed E-state index contributed by atoms with van der Waals surface area (Å²) in [5.41, 5.74) is 7.58. The molecule has 0 spiro atoms. The molecule has 10 nitrogen and oxygen atoms in total. The predicted molar refractivity (Wildman–Crippen MR) is 166 cm³/mol. The van der Waals surface area contributed by atoms with Gasteiger partial charge in [-0.2, -0.15) is 0 Å². The maximum Gasteiger partial charge on any atom is 0.222 e. The van der Waals surface area contributed by atoms with E-state index in [0.29, 0.717) is 82.7 Å². The second-order valence-electron chi connectivity index (χ2n) is 11.4. The number of methoxy groups -OCH3 is 2. The fourth-order valence-corrected chi connectivity index (χ4v) is 4.99. The molecule has 11 heteroatoms. The number of amides is 2. The Labute approximate surface area is 258 Å². The first-order valence-corrected chi connectivity index (χ1v) is 15.0. The van der Waals surface area contributed by atoms with Crippen LogP contribution in [0.4, 0.5) is 0 Å². The van der Waals surface area contributed by atoms with Crippen molar-refractivity contribution in [3.8, 4) is 11.5 Å². The highest BCUT2D eigenvalue weighted by atomic mass is 35.5. The van der Waals surface area contributed by atoms with E-state index in [4.69, 9.17) is 24.7 Å². The third kappa shape index (κ3) is 13.5. The van der Waals surface area contributed by atoms with E-state index in [9.17, 15) is 14.7 Å². The number of nitrogens with one attached hydrogen (secondary N) is 1. The number of carbonyl (C=O) groups is 2. The molecule has 0 radical (unpaired) electrons. The van der Waals surface area contributed by atoms with Crippen molar-refractivity contribution in [2.45, 2.75) is 71.4 Å². The van der Waals surface area contributed by atoms with Gasteiger partial charge in [-0.15, -0.1) is 12.4 Å². The average molecular weight is 616 g/mol. The van der Waals surface area contributed by atoms with E-state index in [2.05, 4.69) is 19.2 Å². The van der Waals surface area contributed by atoms with E-state index in [1.165, 1.54) is 0 Å². The molecule has 0 aliphatic carbocycles. The van der Waals surface area contributed by atoms with Gasteiger partial charge >= 0.3 is 0 Å². The molecule has 1 aliphatic heterocycles. The summed E-state index contributed by atoms with van der Waals surface area (Å²) < 4.78 is 21.8. The molecule has 0 unspecified atom stereocenters. The number of nitrogens with two attached hydrogens (primary N) is 1. The summed E-state index contributed by atoms with van der Waals surface area (Å²) in [6.07, 6.45) is 2.67. The standard InChI is InChI=1S/C31H53N3O7.ClH/c1-22(2)25(19-24-9-10-28(39-5)29(20-24)41-15-7-14-38-4)21-26(32)27(35)18-23(3)31(37)33-11-6-8-30(36)34-12-16-40-17-13-34;/h9-10,20,22-23,25-27,35H,6-8,11-19,21,32H2,1-5H3,(H,33,37);1H/t23-,25+,26+,27+;/m1./s1. The van der Waals surface area contributed by atoms with Gasteiger partial charge in [0.05, 0.1) is 33.0 Å². The van der Waals surface area contributed by atoms with Crippen molar-refractivity contribution in [2.75, 3.05) is 60.3 Å². The van der Waals surface area contributed by atoms with Crippen molar-refractivity contribution in [1.82, 2.24) is 10.2 Å². The van der Waals surface area contributed by atoms with E-state index in [1.54, 1.807) is 21.1 Å². The molecule has 4 N–H and O–H groups in total. The van der Waals surface area contributed by atoms with Crippen molar-refractivity contribution < 1.29 is 33.6 Å². The topological polar surface area (TPSA) is 133 Å². The number of morpholine rings is 1. The molecule has 0 bridgehead atoms. The first-order chi connectivity index (χ1) is 19.7. The van der Waals surface area contributed by atoms with Crippen molar-refractivity contribution in [2.24, 2.45) is 23.5 Å². The maximum absolute atomic E-state index is 12.6. The Balaban J connectivity index is 0.00000882. The quantitative estimate of drug-likeness (QED) is 0.202. The third-order valence-corrected chi connectivity index (χ3v) is 7.76. The van der Waals surface area contributed by atoms with Crippen molar-refractivity contribution in [1.29, 1.82) is 0 Å². The Kier molecular flexibility index (Phi) is 18.7. The number of aliphatic hydroxyl groups is 1. The van der Waals surface area contributed by atoms with E-state index >= 15 is 0 Å². The molecule has 1 aliphatic rings. The van der Waals surface area contributed by atoms with Crippen LogP contribution in [0.25, 0.3) is 0 Å². The molecular weight excluding hydrogens is 562 g/mol. The van der Waals surface area contributed by atoms with Gasteiger partial charge < -0.3 is 40.0 Å². The van der Waals surface area contributed by atoms with Gasteiger partial charge in [0, 0.05) is 58.2 Å². The molecule has 1 aromatic rings. The van der Waals surface area contributed by atoms with Crippen molar-refractivity contribution in [3.05, 3.63) is 23.8 Å². The summed E-state index contributed by atoms with van der Waals surface area (Å²) in [5, 5.41) is 13.8. The summed E-state index contributed by atoms with van der Waals surface area (Å²) in [5.74, 6) is 1.56. The van der Waals surface area contributed by atoms with Gasteiger partial charge in [0.1, 0.15) is 0 Å². The van der Waals surface area contributed by atoms with Crippen LogP contribution in [-0.4, -0.2) is 94.2 Å². The van der Waals surface area contributed by atoms with Gasteiger partial charge in [-0.25, -0.2) is 0 Å². The number of aliphatic hydroxyl groups excluding tert-OH is 1. The first-order valence-electron chi connectivity index (χ1n) is 15.0. The minimum Gasteiger partial charge on any atom is -0.493 e. The monoisotopic (exact) mass is 615 g/mol. The van der Waals surface area contributed by atoms with Crippen LogP contribution < -0.4 is 20.5 Å². The van der Waals surface area contributed by atoms with Gasteiger partial charge in [0.2, 0.25) is 11.8 Å². The fraction of sp³-hybridized carbons (Fsp3) is 0.742. The molecule has 1 saturated heterocycles. The highest BCUT2D eigenvalue weighted by Crippen LogP contribution is 2.31. The Morgan fingerprint density at radius 3 is 2.43 bits per heavy atom. The van der Waals surface area contributed by atoms with Gasteiger partial charge in [-0.3, -0.25) is 9.59 Å². The van der Waals surface area contributed by atoms with E-state index in [-0.39, 0.29) is 42.5 Å². The first kappa shape index (κ1) is 37.9. The highest BCUT2D eigenvalue weighted by molar-refractivity contribution is 5.85. The number of rotatable bonds is 19. The van der Waals surface area contributed by atoms with Crippen LogP contribution in [0, 0.1) is 17.8 Å². The van der Waals surface area contributed by atoms with Gasteiger partial charge in [0.25, 0.3) is 0 Å². The average Bonchev–Trinajstić information content (AvgIpc) is 2.97. The van der Waals surface area contributed by atoms with E-state index in [0.717, 1.165) is 18.4 Å². The lowest BCUT2D eigenvalue weighted by molar-refractivity contribution is -0.135. The number of halogens is 1. The van der Waals surface area contributed by atoms with Crippen LogP contribution in [-0.2, 0) is 25.5 Å². The number of nitrogens with zero attached hydrogens (tertiary/aromatic N) is 1. The van der Waals surface area contributed by atoms with Crippen LogP contribution >= 0.6 is 12.4 Å². The smallest absolute Gasteiger partial charge is 0.222 e. The molecule has 2 amide bonds. The second kappa shape index (κ2) is 20.7. The molecule has 1 heterocycles. The van der Waals surface area contributed by atoms with Crippen LogP contribution in [0.2, 0.25) is 0 Å². The van der Waals surface area contributed by atoms with Crippen LogP contribution in [0.3, 0.4) is 0 Å². The second-order valence-corrected chi connectivity index (χ2v) is 11.4. The molecule has 0 saturated carbocycles. The minimum absolute atomic E-state index is 0. The predicted octanol–water partition coefficient (Wildman–Crippen LogP) is 3.21. The summed E-state index contributed by atoms with van der Waals surface area (Å²) in [6, 6.07) is 5.53. The summed E-state index contributed by atoms with van der Waals surface area (Å²) in [6.45, 7) is 10.1. The molecular formula is C31H54ClN3O7. The highest BCUT2D eigenvalue weighted by Gasteiger charge is 2.26. The zero-order valence-corrected chi connectivity index (χ0v) is 27.0. The Morgan fingerprint density at radius 2 is 1.79 bits per heavy atom. The third-order valence-electron chi connectivity index (χ3n) is 7.76. The Bertz CT molecular complexity index is 915. The largest absolute Gasteiger partial charge is 0.493 e. The number of hydrogen-bond acceptors (Lipinski definition) is 8. The minimum atomic E-state index is -0.796. The molecule has 242 valence electrons. The van der Waals surface area contributed by atoms with Crippen LogP contribution in [0.5, 0.6) is 11.5 Å². The normalized spacial score (nSPS) is 16.2. The number of benzene rings is 1. The zero-order valence-electron chi connectivity index (χ0n) is 26.1. The number of hydrogen-bond donors (Lipinski definition) is 3. The van der Waals surface area contributed by atoms with Crippen molar-refractivity contribution in [3.63, 3.8) is 0 Å². The van der Waals surface area contributed by atoms with Gasteiger partial charge in [-0.05, 0) is 55.2 Å². The summed E-state index contributed by atoms with van der Waals surface area (Å²) >= 11 is 0. The zero-order chi connectivity index (χ0) is 30.2.